The van der Waals surface area contributed by atoms with Crippen molar-refractivity contribution in [2.24, 2.45) is 0 Å². The summed E-state index contributed by atoms with van der Waals surface area (Å²) >= 11 is 0. The number of hydrogen-bond acceptors (Lipinski definition) is 3. The molecule has 0 bridgehead atoms. The molecule has 4 nitrogen and oxygen atoms in total. The molecule has 0 radical (unpaired) electrons. The Hall–Kier alpha value is -1.97. The Morgan fingerprint density at radius 2 is 2.21 bits per heavy atom. The molecule has 2 rings (SSSR count). The van der Waals surface area contributed by atoms with E-state index in [1.54, 1.807) is 18.6 Å². The lowest BCUT2D eigenvalue weighted by Crippen LogP contribution is -2.09. The summed E-state index contributed by atoms with van der Waals surface area (Å²) in [6.45, 7) is 1.92. The number of rotatable bonds is 1. The third-order valence-electron chi connectivity index (χ3n) is 1.86. The first kappa shape index (κ1) is 8.62. The van der Waals surface area contributed by atoms with Crippen LogP contribution in [-0.2, 0) is 0 Å². The van der Waals surface area contributed by atoms with Gasteiger partial charge in [0.1, 0.15) is 5.69 Å². The number of hydrogen-bond donors (Lipinski definition) is 1. The fourth-order valence-electron chi connectivity index (χ4n) is 1.24. The zero-order chi connectivity index (χ0) is 9.97. The Balaban J connectivity index is 2.61. The van der Waals surface area contributed by atoms with Crippen LogP contribution in [0, 0.1) is 6.92 Å². The van der Waals surface area contributed by atoms with Gasteiger partial charge in [-0.25, -0.2) is 4.98 Å². The van der Waals surface area contributed by atoms with Crippen LogP contribution in [0.2, 0.25) is 0 Å². The minimum absolute atomic E-state index is 0.195. The molecule has 0 fully saturated rings. The maximum Gasteiger partial charge on any atom is 0.274 e. The lowest BCUT2D eigenvalue weighted by atomic mass is 10.2. The first-order valence-electron chi connectivity index (χ1n) is 4.23. The van der Waals surface area contributed by atoms with Crippen LogP contribution in [0.5, 0.6) is 0 Å². The molecule has 0 unspecified atom stereocenters. The molecule has 1 N–H and O–H groups in total. The molecule has 2 heterocycles. The molecule has 2 aromatic heterocycles. The Kier molecular flexibility index (Phi) is 2.10. The fourth-order valence-corrected chi connectivity index (χ4v) is 1.24. The van der Waals surface area contributed by atoms with E-state index < -0.39 is 0 Å². The lowest BCUT2D eigenvalue weighted by molar-refractivity contribution is 1.13. The SMILES string of the molecule is Cc1cncc(-c2ncc[nH]c2=O)c1. The zero-order valence-corrected chi connectivity index (χ0v) is 7.69. The predicted octanol–water partition coefficient (Wildman–Crippen LogP) is 1.14. The number of aromatic nitrogens is 3. The summed E-state index contributed by atoms with van der Waals surface area (Å²) in [5.41, 5.74) is 1.96. The van der Waals surface area contributed by atoms with Crippen LogP contribution in [0.1, 0.15) is 5.56 Å². The summed E-state index contributed by atoms with van der Waals surface area (Å²) in [6, 6.07) is 1.88. The molecule has 0 aliphatic rings. The summed E-state index contributed by atoms with van der Waals surface area (Å²) in [6.07, 6.45) is 6.43. The standard InChI is InChI=1S/C10H9N3O/c1-7-4-8(6-11-5-7)9-10(14)13-3-2-12-9/h2-6H,1H3,(H,13,14). The van der Waals surface area contributed by atoms with Crippen LogP contribution in [0.3, 0.4) is 0 Å². The molecular formula is C10H9N3O. The lowest BCUT2D eigenvalue weighted by Gasteiger charge is -1.98. The van der Waals surface area contributed by atoms with Crippen molar-refractivity contribution in [1.82, 2.24) is 15.0 Å². The van der Waals surface area contributed by atoms with Gasteiger partial charge in [0.15, 0.2) is 0 Å². The molecular weight excluding hydrogens is 178 g/mol. The summed E-state index contributed by atoms with van der Waals surface area (Å²) < 4.78 is 0. The minimum atomic E-state index is -0.195. The van der Waals surface area contributed by atoms with E-state index in [9.17, 15) is 4.79 Å². The third-order valence-corrected chi connectivity index (χ3v) is 1.86. The van der Waals surface area contributed by atoms with Gasteiger partial charge in [-0.2, -0.15) is 0 Å². The monoisotopic (exact) mass is 187 g/mol. The highest BCUT2D eigenvalue weighted by Crippen LogP contribution is 2.11. The van der Waals surface area contributed by atoms with Crippen molar-refractivity contribution in [3.63, 3.8) is 0 Å². The molecule has 0 spiro atoms. The average Bonchev–Trinajstić information content (AvgIpc) is 2.18. The normalized spacial score (nSPS) is 10.1. The summed E-state index contributed by atoms with van der Waals surface area (Å²) in [4.78, 5) is 22.0. The van der Waals surface area contributed by atoms with Crippen molar-refractivity contribution in [2.45, 2.75) is 6.92 Å². The zero-order valence-electron chi connectivity index (χ0n) is 7.69. The first-order valence-corrected chi connectivity index (χ1v) is 4.23. The van der Waals surface area contributed by atoms with Gasteiger partial charge in [-0.1, -0.05) is 0 Å². The van der Waals surface area contributed by atoms with Crippen molar-refractivity contribution in [3.8, 4) is 11.3 Å². The van der Waals surface area contributed by atoms with Gasteiger partial charge in [0, 0.05) is 30.4 Å². The van der Waals surface area contributed by atoms with E-state index in [4.69, 9.17) is 0 Å². The number of nitrogens with zero attached hydrogens (tertiary/aromatic N) is 2. The fraction of sp³-hybridized carbons (Fsp3) is 0.100. The molecule has 2 aromatic rings. The van der Waals surface area contributed by atoms with Crippen LogP contribution >= 0.6 is 0 Å². The number of pyridine rings is 1. The van der Waals surface area contributed by atoms with Crippen LogP contribution in [0.15, 0.2) is 35.6 Å². The molecule has 14 heavy (non-hydrogen) atoms. The Morgan fingerprint density at radius 1 is 1.36 bits per heavy atom. The second-order valence-corrected chi connectivity index (χ2v) is 3.02. The molecule has 0 aliphatic carbocycles. The van der Waals surface area contributed by atoms with Crippen molar-refractivity contribution >= 4 is 0 Å². The highest BCUT2D eigenvalue weighted by atomic mass is 16.1. The molecule has 0 saturated carbocycles. The molecule has 4 heteroatoms. The van der Waals surface area contributed by atoms with Gasteiger partial charge in [-0.05, 0) is 18.6 Å². The summed E-state index contributed by atoms with van der Waals surface area (Å²) in [5, 5.41) is 0. The Bertz CT molecular complexity index is 504. The van der Waals surface area contributed by atoms with E-state index in [0.29, 0.717) is 5.69 Å². The maximum absolute atomic E-state index is 11.4. The van der Waals surface area contributed by atoms with Crippen molar-refractivity contribution in [1.29, 1.82) is 0 Å². The first-order chi connectivity index (χ1) is 6.77. The highest BCUT2D eigenvalue weighted by molar-refractivity contribution is 5.56. The van der Waals surface area contributed by atoms with E-state index in [1.807, 2.05) is 13.0 Å². The van der Waals surface area contributed by atoms with Crippen LogP contribution in [0.25, 0.3) is 11.3 Å². The van der Waals surface area contributed by atoms with Crippen molar-refractivity contribution in [3.05, 3.63) is 46.8 Å². The number of aromatic amines is 1. The van der Waals surface area contributed by atoms with E-state index in [0.717, 1.165) is 11.1 Å². The second kappa shape index (κ2) is 3.41. The molecule has 0 amide bonds. The highest BCUT2D eigenvalue weighted by Gasteiger charge is 2.03. The van der Waals surface area contributed by atoms with Crippen molar-refractivity contribution in [2.75, 3.05) is 0 Å². The second-order valence-electron chi connectivity index (χ2n) is 3.02. The summed E-state index contributed by atoms with van der Waals surface area (Å²) in [5.74, 6) is 0. The van der Waals surface area contributed by atoms with E-state index >= 15 is 0 Å². The van der Waals surface area contributed by atoms with Gasteiger partial charge in [0.25, 0.3) is 5.56 Å². The smallest absolute Gasteiger partial charge is 0.274 e. The molecule has 0 saturated heterocycles. The van der Waals surface area contributed by atoms with Gasteiger partial charge in [-0.3, -0.25) is 9.78 Å². The van der Waals surface area contributed by atoms with Gasteiger partial charge < -0.3 is 4.98 Å². The van der Waals surface area contributed by atoms with E-state index in [-0.39, 0.29) is 5.56 Å². The number of aryl methyl sites for hydroxylation is 1. The maximum atomic E-state index is 11.4. The van der Waals surface area contributed by atoms with E-state index in [2.05, 4.69) is 15.0 Å². The van der Waals surface area contributed by atoms with Crippen LogP contribution < -0.4 is 5.56 Å². The third kappa shape index (κ3) is 1.54. The average molecular weight is 187 g/mol. The molecule has 0 atom stereocenters. The molecule has 0 aromatic carbocycles. The van der Waals surface area contributed by atoms with Crippen LogP contribution in [-0.4, -0.2) is 15.0 Å². The van der Waals surface area contributed by atoms with Gasteiger partial charge in [0.05, 0.1) is 0 Å². The summed E-state index contributed by atoms with van der Waals surface area (Å²) in [7, 11) is 0. The van der Waals surface area contributed by atoms with Gasteiger partial charge in [0.2, 0.25) is 0 Å². The Labute approximate surface area is 80.7 Å². The Morgan fingerprint density at radius 3 is 2.93 bits per heavy atom. The molecule has 0 aliphatic heterocycles. The topological polar surface area (TPSA) is 58.6 Å². The van der Waals surface area contributed by atoms with Gasteiger partial charge in [-0.15, -0.1) is 0 Å². The van der Waals surface area contributed by atoms with Gasteiger partial charge >= 0.3 is 0 Å². The van der Waals surface area contributed by atoms with E-state index in [1.165, 1.54) is 6.20 Å². The predicted molar refractivity (Wildman–Crippen MR) is 52.8 cm³/mol. The quantitative estimate of drug-likeness (QED) is 0.728. The van der Waals surface area contributed by atoms with Crippen molar-refractivity contribution < 1.29 is 0 Å². The molecule has 70 valence electrons. The van der Waals surface area contributed by atoms with Crippen LogP contribution in [0.4, 0.5) is 0 Å². The largest absolute Gasteiger partial charge is 0.326 e. The number of H-pyrrole nitrogens is 1. The minimum Gasteiger partial charge on any atom is -0.326 e. The number of nitrogens with one attached hydrogen (secondary N) is 1.